The van der Waals surface area contributed by atoms with Gasteiger partial charge in [0.25, 0.3) is 0 Å². The number of benzene rings is 1. The summed E-state index contributed by atoms with van der Waals surface area (Å²) in [5.41, 5.74) is 7.42. The minimum absolute atomic E-state index is 0.145. The van der Waals surface area contributed by atoms with Crippen LogP contribution >= 0.6 is 0 Å². The van der Waals surface area contributed by atoms with Crippen LogP contribution in [0.1, 0.15) is 27.2 Å². The van der Waals surface area contributed by atoms with Crippen molar-refractivity contribution in [3.8, 4) is 5.75 Å². The minimum atomic E-state index is 0.145. The third-order valence-corrected chi connectivity index (χ3v) is 3.37. The zero-order chi connectivity index (χ0) is 12.5. The van der Waals surface area contributed by atoms with Crippen molar-refractivity contribution in [2.45, 2.75) is 38.8 Å². The van der Waals surface area contributed by atoms with E-state index in [2.05, 4.69) is 30.9 Å². The second-order valence-corrected chi connectivity index (χ2v) is 5.31. The van der Waals surface area contributed by atoms with Crippen LogP contribution in [-0.4, -0.2) is 24.7 Å². The first kappa shape index (κ1) is 12.2. The van der Waals surface area contributed by atoms with E-state index in [-0.39, 0.29) is 11.6 Å². The fraction of sp³-hybridized carbons (Fsp3) is 0.571. The molecule has 94 valence electrons. The molecule has 0 bridgehead atoms. The summed E-state index contributed by atoms with van der Waals surface area (Å²) in [5.74, 6) is 0.928. The summed E-state index contributed by atoms with van der Waals surface area (Å²) >= 11 is 0. The average molecular weight is 234 g/mol. The highest BCUT2D eigenvalue weighted by Gasteiger charge is 2.36. The monoisotopic (exact) mass is 234 g/mol. The van der Waals surface area contributed by atoms with Crippen LogP contribution in [0.5, 0.6) is 5.75 Å². The van der Waals surface area contributed by atoms with Crippen molar-refractivity contribution in [1.82, 2.24) is 0 Å². The lowest BCUT2D eigenvalue weighted by Gasteiger charge is -2.33. The van der Waals surface area contributed by atoms with Crippen LogP contribution in [0.25, 0.3) is 0 Å². The Morgan fingerprint density at radius 3 is 2.47 bits per heavy atom. The maximum atomic E-state index is 6.05. The Hall–Kier alpha value is -1.22. The molecule has 0 amide bonds. The molecule has 0 aliphatic carbocycles. The molecule has 1 unspecified atom stereocenters. The average Bonchev–Trinajstić information content (AvgIpc) is 2.53. The van der Waals surface area contributed by atoms with Gasteiger partial charge in [0.15, 0.2) is 0 Å². The Kier molecular flexibility index (Phi) is 3.29. The van der Waals surface area contributed by atoms with E-state index in [1.165, 1.54) is 5.69 Å². The number of rotatable bonds is 3. The second kappa shape index (κ2) is 4.57. The van der Waals surface area contributed by atoms with Crippen LogP contribution < -0.4 is 15.4 Å². The molecular weight excluding hydrogens is 212 g/mol. The van der Waals surface area contributed by atoms with E-state index in [0.717, 1.165) is 18.7 Å². The number of hydrogen-bond acceptors (Lipinski definition) is 3. The molecule has 0 aromatic heterocycles. The van der Waals surface area contributed by atoms with E-state index in [4.69, 9.17) is 10.5 Å². The van der Waals surface area contributed by atoms with Crippen molar-refractivity contribution in [3.63, 3.8) is 0 Å². The minimum Gasteiger partial charge on any atom is -0.494 e. The maximum absolute atomic E-state index is 6.05. The zero-order valence-corrected chi connectivity index (χ0v) is 10.9. The second-order valence-electron chi connectivity index (χ2n) is 5.31. The van der Waals surface area contributed by atoms with E-state index in [9.17, 15) is 0 Å². The molecule has 1 atom stereocenters. The van der Waals surface area contributed by atoms with Gasteiger partial charge in [0.1, 0.15) is 5.75 Å². The lowest BCUT2D eigenvalue weighted by atomic mass is 10.00. The molecule has 0 radical (unpaired) electrons. The first-order valence-corrected chi connectivity index (χ1v) is 6.29. The van der Waals surface area contributed by atoms with Gasteiger partial charge < -0.3 is 15.4 Å². The van der Waals surface area contributed by atoms with Crippen molar-refractivity contribution in [3.05, 3.63) is 24.3 Å². The van der Waals surface area contributed by atoms with Crippen molar-refractivity contribution in [2.24, 2.45) is 5.73 Å². The summed E-state index contributed by atoms with van der Waals surface area (Å²) in [5, 5.41) is 0. The Morgan fingerprint density at radius 1 is 1.35 bits per heavy atom. The molecule has 1 fully saturated rings. The van der Waals surface area contributed by atoms with E-state index in [0.29, 0.717) is 6.61 Å². The molecule has 1 aliphatic heterocycles. The van der Waals surface area contributed by atoms with E-state index in [1.807, 2.05) is 19.1 Å². The lowest BCUT2D eigenvalue weighted by Crippen LogP contribution is -2.38. The van der Waals surface area contributed by atoms with Crippen LogP contribution in [0, 0.1) is 0 Å². The fourth-order valence-corrected chi connectivity index (χ4v) is 2.64. The number of ether oxygens (including phenoxy) is 1. The normalized spacial score (nSPS) is 22.8. The van der Waals surface area contributed by atoms with Gasteiger partial charge in [-0.05, 0) is 51.5 Å². The summed E-state index contributed by atoms with van der Waals surface area (Å²) in [7, 11) is 0. The Labute approximate surface area is 104 Å². The highest BCUT2D eigenvalue weighted by Crippen LogP contribution is 2.33. The van der Waals surface area contributed by atoms with Crippen molar-refractivity contribution >= 4 is 5.69 Å². The van der Waals surface area contributed by atoms with Crippen molar-refractivity contribution in [1.29, 1.82) is 0 Å². The molecule has 0 saturated carbocycles. The molecule has 0 spiro atoms. The van der Waals surface area contributed by atoms with E-state index >= 15 is 0 Å². The summed E-state index contributed by atoms with van der Waals surface area (Å²) in [6.45, 7) is 8.13. The standard InChI is InChI=1S/C14H22N2O/c1-4-17-13-7-5-12(6-8-13)16-10-11(15)9-14(16,2)3/h5-8,11H,4,9-10,15H2,1-3H3. The number of anilines is 1. The van der Waals surface area contributed by atoms with Gasteiger partial charge >= 0.3 is 0 Å². The van der Waals surface area contributed by atoms with E-state index < -0.39 is 0 Å². The van der Waals surface area contributed by atoms with Gasteiger partial charge in [-0.25, -0.2) is 0 Å². The molecule has 1 aromatic carbocycles. The predicted molar refractivity (Wildman–Crippen MR) is 71.6 cm³/mol. The first-order valence-electron chi connectivity index (χ1n) is 6.29. The number of hydrogen-bond donors (Lipinski definition) is 1. The van der Waals surface area contributed by atoms with Gasteiger partial charge in [0, 0.05) is 23.8 Å². The van der Waals surface area contributed by atoms with Crippen molar-refractivity contribution < 1.29 is 4.74 Å². The topological polar surface area (TPSA) is 38.5 Å². The Morgan fingerprint density at radius 2 is 2.00 bits per heavy atom. The molecule has 2 N–H and O–H groups in total. The van der Waals surface area contributed by atoms with Gasteiger partial charge in [-0.3, -0.25) is 0 Å². The van der Waals surface area contributed by atoms with Gasteiger partial charge in [-0.15, -0.1) is 0 Å². The van der Waals surface area contributed by atoms with E-state index in [1.54, 1.807) is 0 Å². The summed E-state index contributed by atoms with van der Waals surface area (Å²) in [6.07, 6.45) is 1.04. The van der Waals surface area contributed by atoms with Crippen LogP contribution in [0.15, 0.2) is 24.3 Å². The number of nitrogens with two attached hydrogens (primary N) is 1. The van der Waals surface area contributed by atoms with Crippen LogP contribution in [0.3, 0.4) is 0 Å². The third kappa shape index (κ3) is 2.55. The number of nitrogens with zero attached hydrogens (tertiary/aromatic N) is 1. The molecule has 1 saturated heterocycles. The molecule has 2 rings (SSSR count). The lowest BCUT2D eigenvalue weighted by molar-refractivity contribution is 0.340. The SMILES string of the molecule is CCOc1ccc(N2CC(N)CC2(C)C)cc1. The summed E-state index contributed by atoms with van der Waals surface area (Å²) in [4.78, 5) is 2.38. The highest BCUT2D eigenvalue weighted by molar-refractivity contribution is 5.52. The zero-order valence-electron chi connectivity index (χ0n) is 10.9. The van der Waals surface area contributed by atoms with Gasteiger partial charge in [0.05, 0.1) is 6.61 Å². The van der Waals surface area contributed by atoms with Gasteiger partial charge in [-0.2, -0.15) is 0 Å². The largest absolute Gasteiger partial charge is 0.494 e. The summed E-state index contributed by atoms with van der Waals surface area (Å²) < 4.78 is 5.45. The van der Waals surface area contributed by atoms with Gasteiger partial charge in [0.2, 0.25) is 0 Å². The first-order chi connectivity index (χ1) is 8.03. The molecule has 3 nitrogen and oxygen atoms in total. The van der Waals surface area contributed by atoms with Crippen LogP contribution in [0.2, 0.25) is 0 Å². The van der Waals surface area contributed by atoms with Crippen molar-refractivity contribution in [2.75, 3.05) is 18.1 Å². The molecular formula is C14H22N2O. The van der Waals surface area contributed by atoms with Gasteiger partial charge in [-0.1, -0.05) is 0 Å². The summed E-state index contributed by atoms with van der Waals surface area (Å²) in [6, 6.07) is 8.56. The highest BCUT2D eigenvalue weighted by atomic mass is 16.5. The molecule has 1 aromatic rings. The molecule has 17 heavy (non-hydrogen) atoms. The quantitative estimate of drug-likeness (QED) is 0.872. The van der Waals surface area contributed by atoms with Crippen LogP contribution in [0.4, 0.5) is 5.69 Å². The Bertz CT molecular complexity index is 372. The van der Waals surface area contributed by atoms with Crippen LogP contribution in [-0.2, 0) is 0 Å². The third-order valence-electron chi connectivity index (χ3n) is 3.37. The molecule has 3 heteroatoms. The fourth-order valence-electron chi connectivity index (χ4n) is 2.64. The smallest absolute Gasteiger partial charge is 0.119 e. The molecule has 1 aliphatic rings. The maximum Gasteiger partial charge on any atom is 0.119 e. The molecule has 1 heterocycles. The Balaban J connectivity index is 2.17. The predicted octanol–water partition coefficient (Wildman–Crippen LogP) is 2.40.